The van der Waals surface area contributed by atoms with E-state index in [1.165, 1.54) is 16.0 Å². The van der Waals surface area contributed by atoms with Crippen LogP contribution in [0.5, 0.6) is 0 Å². The maximum absolute atomic E-state index is 11.2. The van der Waals surface area contributed by atoms with E-state index in [0.29, 0.717) is 5.75 Å². The summed E-state index contributed by atoms with van der Waals surface area (Å²) in [5.74, 6) is 0.468. The second-order valence-corrected chi connectivity index (χ2v) is 5.91. The van der Waals surface area contributed by atoms with Gasteiger partial charge in [0.05, 0.1) is 5.41 Å². The minimum absolute atomic E-state index is 0.246. The second kappa shape index (κ2) is 4.91. The SMILES string of the molecule is Cc1cc(C)cc(SCC(C)(C)C(N)=O)c1. The first-order chi connectivity index (χ1) is 7.31. The molecule has 3 heteroatoms. The van der Waals surface area contributed by atoms with Gasteiger partial charge in [-0.2, -0.15) is 0 Å². The first-order valence-corrected chi connectivity index (χ1v) is 6.31. The Kier molecular flexibility index (Phi) is 4.03. The van der Waals surface area contributed by atoms with Gasteiger partial charge in [0.15, 0.2) is 0 Å². The van der Waals surface area contributed by atoms with Crippen LogP contribution < -0.4 is 5.73 Å². The van der Waals surface area contributed by atoms with Crippen LogP contribution in [0.25, 0.3) is 0 Å². The van der Waals surface area contributed by atoms with E-state index in [9.17, 15) is 4.79 Å². The monoisotopic (exact) mass is 237 g/mol. The van der Waals surface area contributed by atoms with Crippen molar-refractivity contribution < 1.29 is 4.79 Å². The number of carbonyl (C=O) groups is 1. The summed E-state index contributed by atoms with van der Waals surface area (Å²) >= 11 is 1.68. The molecule has 0 aliphatic heterocycles. The molecule has 2 N–H and O–H groups in total. The van der Waals surface area contributed by atoms with Gasteiger partial charge in [0.1, 0.15) is 0 Å². The van der Waals surface area contributed by atoms with E-state index in [0.717, 1.165) is 0 Å². The summed E-state index contributed by atoms with van der Waals surface area (Å²) in [7, 11) is 0. The highest BCUT2D eigenvalue weighted by atomic mass is 32.2. The van der Waals surface area contributed by atoms with Crippen molar-refractivity contribution in [2.24, 2.45) is 11.1 Å². The lowest BCUT2D eigenvalue weighted by Crippen LogP contribution is -2.33. The van der Waals surface area contributed by atoms with Crippen molar-refractivity contribution in [1.29, 1.82) is 0 Å². The Morgan fingerprint density at radius 3 is 2.19 bits per heavy atom. The molecule has 0 aliphatic carbocycles. The van der Waals surface area contributed by atoms with Crippen LogP contribution in [0, 0.1) is 19.3 Å². The molecule has 2 nitrogen and oxygen atoms in total. The zero-order chi connectivity index (χ0) is 12.3. The van der Waals surface area contributed by atoms with Gasteiger partial charge in [-0.15, -0.1) is 11.8 Å². The van der Waals surface area contributed by atoms with Crippen molar-refractivity contribution in [3.8, 4) is 0 Å². The summed E-state index contributed by atoms with van der Waals surface area (Å²) in [6, 6.07) is 6.41. The summed E-state index contributed by atoms with van der Waals surface area (Å²) < 4.78 is 0. The van der Waals surface area contributed by atoms with Crippen LogP contribution in [-0.4, -0.2) is 11.7 Å². The van der Waals surface area contributed by atoms with Crippen molar-refractivity contribution in [2.75, 3.05) is 5.75 Å². The van der Waals surface area contributed by atoms with Crippen molar-refractivity contribution in [1.82, 2.24) is 0 Å². The zero-order valence-corrected chi connectivity index (χ0v) is 11.1. The van der Waals surface area contributed by atoms with Crippen molar-refractivity contribution in [3.05, 3.63) is 29.3 Å². The normalized spacial score (nSPS) is 11.5. The van der Waals surface area contributed by atoms with Gasteiger partial charge in [0.2, 0.25) is 5.91 Å². The van der Waals surface area contributed by atoms with Crippen LogP contribution in [0.15, 0.2) is 23.1 Å². The van der Waals surface area contributed by atoms with Gasteiger partial charge in [-0.1, -0.05) is 19.9 Å². The fourth-order valence-electron chi connectivity index (χ4n) is 1.35. The van der Waals surface area contributed by atoms with Gasteiger partial charge in [-0.05, 0) is 37.1 Å². The molecule has 1 rings (SSSR count). The lowest BCUT2D eigenvalue weighted by molar-refractivity contribution is -0.124. The Balaban J connectivity index is 2.71. The van der Waals surface area contributed by atoms with Crippen LogP contribution in [0.4, 0.5) is 0 Å². The van der Waals surface area contributed by atoms with Crippen molar-refractivity contribution in [3.63, 3.8) is 0 Å². The number of carbonyl (C=O) groups excluding carboxylic acids is 1. The van der Waals surface area contributed by atoms with Gasteiger partial charge >= 0.3 is 0 Å². The molecular weight excluding hydrogens is 218 g/mol. The van der Waals surface area contributed by atoms with E-state index in [4.69, 9.17) is 5.73 Å². The van der Waals surface area contributed by atoms with Gasteiger partial charge in [-0.25, -0.2) is 0 Å². The molecule has 1 amide bonds. The van der Waals surface area contributed by atoms with Crippen LogP contribution in [0.1, 0.15) is 25.0 Å². The fourth-order valence-corrected chi connectivity index (χ4v) is 2.56. The molecule has 0 bridgehead atoms. The topological polar surface area (TPSA) is 43.1 Å². The van der Waals surface area contributed by atoms with Crippen molar-refractivity contribution in [2.45, 2.75) is 32.6 Å². The second-order valence-electron chi connectivity index (χ2n) is 4.86. The number of primary amides is 1. The standard InChI is InChI=1S/C13H19NOS/c1-9-5-10(2)7-11(6-9)16-8-13(3,4)12(14)15/h5-7H,8H2,1-4H3,(H2,14,15). The third-order valence-electron chi connectivity index (χ3n) is 2.46. The molecule has 0 heterocycles. The fraction of sp³-hybridized carbons (Fsp3) is 0.462. The maximum atomic E-state index is 11.2. The molecule has 0 spiro atoms. The van der Waals surface area contributed by atoms with Crippen LogP contribution in [0.3, 0.4) is 0 Å². The van der Waals surface area contributed by atoms with Crippen LogP contribution >= 0.6 is 11.8 Å². The average molecular weight is 237 g/mol. The lowest BCUT2D eigenvalue weighted by Gasteiger charge is -2.19. The molecule has 0 aromatic heterocycles. The maximum Gasteiger partial charge on any atom is 0.223 e. The first-order valence-electron chi connectivity index (χ1n) is 5.32. The Hall–Kier alpha value is -0.960. The third-order valence-corrected chi connectivity index (χ3v) is 3.90. The minimum atomic E-state index is -0.456. The Morgan fingerprint density at radius 2 is 1.75 bits per heavy atom. The largest absolute Gasteiger partial charge is 0.369 e. The molecule has 1 aromatic carbocycles. The lowest BCUT2D eigenvalue weighted by atomic mass is 9.96. The van der Waals surface area contributed by atoms with Gasteiger partial charge in [0, 0.05) is 10.6 Å². The number of amides is 1. The van der Waals surface area contributed by atoms with Gasteiger partial charge in [0.25, 0.3) is 0 Å². The average Bonchev–Trinajstić information content (AvgIpc) is 2.13. The van der Waals surface area contributed by atoms with E-state index in [1.54, 1.807) is 11.8 Å². The molecule has 0 atom stereocenters. The quantitative estimate of drug-likeness (QED) is 0.818. The number of thioether (sulfide) groups is 1. The highest BCUT2D eigenvalue weighted by molar-refractivity contribution is 7.99. The number of aryl methyl sites for hydroxylation is 2. The third kappa shape index (κ3) is 3.56. The highest BCUT2D eigenvalue weighted by Gasteiger charge is 2.24. The van der Waals surface area contributed by atoms with Crippen LogP contribution in [-0.2, 0) is 4.79 Å². The first kappa shape index (κ1) is 13.1. The molecule has 0 unspecified atom stereocenters. The molecule has 0 saturated carbocycles. The minimum Gasteiger partial charge on any atom is -0.369 e. The molecule has 0 radical (unpaired) electrons. The van der Waals surface area contributed by atoms with Gasteiger partial charge < -0.3 is 5.73 Å². The van der Waals surface area contributed by atoms with E-state index >= 15 is 0 Å². The predicted molar refractivity (Wildman–Crippen MR) is 69.6 cm³/mol. The predicted octanol–water partition coefficient (Wildman–Crippen LogP) is 2.91. The number of hydrogen-bond donors (Lipinski definition) is 1. The molecule has 0 saturated heterocycles. The molecule has 0 fully saturated rings. The number of nitrogens with two attached hydrogens (primary N) is 1. The number of benzene rings is 1. The summed E-state index contributed by atoms with van der Waals surface area (Å²) in [5, 5.41) is 0. The highest BCUT2D eigenvalue weighted by Crippen LogP contribution is 2.28. The van der Waals surface area contributed by atoms with E-state index < -0.39 is 5.41 Å². The summed E-state index contributed by atoms with van der Waals surface area (Å²) in [5.41, 5.74) is 7.38. The van der Waals surface area contributed by atoms with Gasteiger partial charge in [-0.3, -0.25) is 4.79 Å². The van der Waals surface area contributed by atoms with E-state index in [1.807, 2.05) is 13.8 Å². The summed E-state index contributed by atoms with van der Waals surface area (Å²) in [6.45, 7) is 7.92. The Labute approximate surface area is 102 Å². The zero-order valence-electron chi connectivity index (χ0n) is 10.3. The summed E-state index contributed by atoms with van der Waals surface area (Å²) in [4.78, 5) is 12.4. The molecule has 16 heavy (non-hydrogen) atoms. The van der Waals surface area contributed by atoms with E-state index in [-0.39, 0.29) is 5.91 Å². The summed E-state index contributed by atoms with van der Waals surface area (Å²) in [6.07, 6.45) is 0. The van der Waals surface area contributed by atoms with E-state index in [2.05, 4.69) is 32.0 Å². The Bertz CT molecular complexity index is 379. The molecular formula is C13H19NOS. The smallest absolute Gasteiger partial charge is 0.223 e. The molecule has 1 aromatic rings. The number of rotatable bonds is 4. The van der Waals surface area contributed by atoms with Crippen LogP contribution in [0.2, 0.25) is 0 Å². The van der Waals surface area contributed by atoms with Crippen molar-refractivity contribution >= 4 is 17.7 Å². The molecule has 0 aliphatic rings. The molecule has 88 valence electrons. The number of hydrogen-bond acceptors (Lipinski definition) is 2. The Morgan fingerprint density at radius 1 is 1.25 bits per heavy atom.